The number of ketones is 1. The van der Waals surface area contributed by atoms with E-state index >= 15 is 0 Å². The first-order valence-electron chi connectivity index (χ1n) is 7.35. The molecule has 22 heavy (non-hydrogen) atoms. The van der Waals surface area contributed by atoms with Crippen molar-refractivity contribution in [3.05, 3.63) is 95.6 Å². The van der Waals surface area contributed by atoms with Gasteiger partial charge in [0.1, 0.15) is 5.60 Å². The molecule has 0 saturated heterocycles. The van der Waals surface area contributed by atoms with Gasteiger partial charge in [0.25, 0.3) is 0 Å². The molecule has 0 heterocycles. The Labute approximate surface area is 130 Å². The van der Waals surface area contributed by atoms with E-state index in [1.165, 1.54) is 0 Å². The van der Waals surface area contributed by atoms with Crippen LogP contribution >= 0.6 is 0 Å². The smallest absolute Gasteiger partial charge is 0.192 e. The third-order valence-electron chi connectivity index (χ3n) is 4.08. The first kappa shape index (κ1) is 14.5. The van der Waals surface area contributed by atoms with Gasteiger partial charge in [-0.25, -0.2) is 0 Å². The van der Waals surface area contributed by atoms with Crippen LogP contribution in [0.4, 0.5) is 0 Å². The highest BCUT2D eigenvalue weighted by Gasteiger charge is 2.31. The van der Waals surface area contributed by atoms with Crippen LogP contribution in [0.25, 0.3) is 0 Å². The fourth-order valence-electron chi connectivity index (χ4n) is 2.75. The van der Waals surface area contributed by atoms with Crippen molar-refractivity contribution in [1.29, 1.82) is 0 Å². The van der Waals surface area contributed by atoms with Crippen LogP contribution < -0.4 is 0 Å². The summed E-state index contributed by atoms with van der Waals surface area (Å²) in [6, 6.07) is 19.4. The Morgan fingerprint density at radius 1 is 1.00 bits per heavy atom. The Morgan fingerprint density at radius 2 is 1.64 bits per heavy atom. The number of carbonyl (C=O) groups is 1. The topological polar surface area (TPSA) is 26.3 Å². The highest BCUT2D eigenvalue weighted by Crippen LogP contribution is 2.35. The molecule has 0 aromatic heterocycles. The average molecular weight is 290 g/mol. The number of hydrogen-bond acceptors (Lipinski definition) is 2. The first-order chi connectivity index (χ1) is 10.7. The molecule has 2 nitrogen and oxygen atoms in total. The summed E-state index contributed by atoms with van der Waals surface area (Å²) in [5.74, 6) is 0.0506. The second kappa shape index (κ2) is 6.12. The van der Waals surface area contributed by atoms with Crippen molar-refractivity contribution in [1.82, 2.24) is 0 Å². The van der Waals surface area contributed by atoms with Gasteiger partial charge in [0.05, 0.1) is 0 Å². The molecule has 0 bridgehead atoms. The van der Waals surface area contributed by atoms with Crippen molar-refractivity contribution in [2.45, 2.75) is 12.0 Å². The summed E-state index contributed by atoms with van der Waals surface area (Å²) in [5.41, 5.74) is 2.04. The van der Waals surface area contributed by atoms with Gasteiger partial charge in [0.2, 0.25) is 0 Å². The van der Waals surface area contributed by atoms with E-state index < -0.39 is 5.60 Å². The molecule has 0 spiro atoms. The molecule has 1 unspecified atom stereocenters. The van der Waals surface area contributed by atoms with Crippen LogP contribution in [-0.4, -0.2) is 12.9 Å². The fraction of sp³-hybridized carbons (Fsp3) is 0.150. The van der Waals surface area contributed by atoms with Gasteiger partial charge in [-0.15, -0.1) is 0 Å². The molecule has 110 valence electrons. The average Bonchev–Trinajstić information content (AvgIpc) is 2.63. The van der Waals surface area contributed by atoms with E-state index in [-0.39, 0.29) is 5.78 Å². The Bertz CT molecular complexity index is 714. The molecule has 2 aromatic rings. The van der Waals surface area contributed by atoms with Gasteiger partial charge in [-0.05, 0) is 11.6 Å². The van der Waals surface area contributed by atoms with E-state index in [2.05, 4.69) is 0 Å². The Hall–Kier alpha value is -2.45. The third kappa shape index (κ3) is 2.66. The van der Waals surface area contributed by atoms with Crippen LogP contribution in [0, 0.1) is 0 Å². The van der Waals surface area contributed by atoms with Crippen LogP contribution in [0.5, 0.6) is 0 Å². The summed E-state index contributed by atoms with van der Waals surface area (Å²) in [7, 11) is 1.70. The summed E-state index contributed by atoms with van der Waals surface area (Å²) in [6.07, 6.45) is 6.47. The standard InChI is InChI=1S/C20H18O2/c1-22-20(18-10-6-3-7-11-18)14-12-17(13-15-20)19(21)16-8-4-2-5-9-16/h2-14H,15H2,1H3. The fourth-order valence-corrected chi connectivity index (χ4v) is 2.75. The van der Waals surface area contributed by atoms with Crippen molar-refractivity contribution < 1.29 is 9.53 Å². The largest absolute Gasteiger partial charge is 0.369 e. The minimum Gasteiger partial charge on any atom is -0.369 e. The summed E-state index contributed by atoms with van der Waals surface area (Å²) < 4.78 is 5.76. The van der Waals surface area contributed by atoms with E-state index in [0.717, 1.165) is 11.1 Å². The van der Waals surface area contributed by atoms with Gasteiger partial charge in [0.15, 0.2) is 5.78 Å². The second-order valence-electron chi connectivity index (χ2n) is 5.35. The zero-order valence-corrected chi connectivity index (χ0v) is 12.5. The molecule has 0 aliphatic heterocycles. The molecular weight excluding hydrogens is 272 g/mol. The van der Waals surface area contributed by atoms with Gasteiger partial charge < -0.3 is 4.74 Å². The number of rotatable bonds is 4. The van der Waals surface area contributed by atoms with Gasteiger partial charge >= 0.3 is 0 Å². The molecule has 0 radical (unpaired) electrons. The molecule has 2 heteroatoms. The van der Waals surface area contributed by atoms with E-state index in [1.54, 1.807) is 7.11 Å². The molecule has 3 rings (SSSR count). The summed E-state index contributed by atoms with van der Waals surface area (Å²) in [5, 5.41) is 0. The molecule has 1 aliphatic rings. The van der Waals surface area contributed by atoms with E-state index in [1.807, 2.05) is 78.9 Å². The van der Waals surface area contributed by atoms with Gasteiger partial charge in [0, 0.05) is 24.7 Å². The molecule has 1 aliphatic carbocycles. The summed E-state index contributed by atoms with van der Waals surface area (Å²) in [4.78, 5) is 12.5. The number of Topliss-reactive ketones (excluding diaryl/α,β-unsaturated/α-hetero) is 1. The quantitative estimate of drug-likeness (QED) is 0.785. The van der Waals surface area contributed by atoms with Crippen LogP contribution in [0.1, 0.15) is 22.3 Å². The number of hydrogen-bond donors (Lipinski definition) is 0. The summed E-state index contributed by atoms with van der Waals surface area (Å²) >= 11 is 0. The van der Waals surface area contributed by atoms with Crippen LogP contribution in [0.2, 0.25) is 0 Å². The number of carbonyl (C=O) groups excluding carboxylic acids is 1. The number of allylic oxidation sites excluding steroid dienone is 2. The lowest BCUT2D eigenvalue weighted by molar-refractivity contribution is 0.0304. The maximum atomic E-state index is 12.5. The number of ether oxygens (including phenoxy) is 1. The predicted molar refractivity (Wildman–Crippen MR) is 87.7 cm³/mol. The zero-order chi connectivity index (χ0) is 15.4. The van der Waals surface area contributed by atoms with Crippen molar-refractivity contribution in [2.75, 3.05) is 7.11 Å². The maximum absolute atomic E-state index is 12.5. The van der Waals surface area contributed by atoms with Gasteiger partial charge in [-0.2, -0.15) is 0 Å². The van der Waals surface area contributed by atoms with Crippen molar-refractivity contribution >= 4 is 5.78 Å². The van der Waals surface area contributed by atoms with E-state index in [4.69, 9.17) is 4.74 Å². The van der Waals surface area contributed by atoms with Crippen molar-refractivity contribution in [3.8, 4) is 0 Å². The number of benzene rings is 2. The van der Waals surface area contributed by atoms with Crippen LogP contribution in [-0.2, 0) is 10.3 Å². The van der Waals surface area contributed by atoms with Crippen molar-refractivity contribution in [3.63, 3.8) is 0 Å². The summed E-state index contributed by atoms with van der Waals surface area (Å²) in [6.45, 7) is 0. The molecule has 0 N–H and O–H groups in total. The highest BCUT2D eigenvalue weighted by atomic mass is 16.5. The van der Waals surface area contributed by atoms with Crippen LogP contribution in [0.15, 0.2) is 84.5 Å². The molecule has 0 saturated carbocycles. The minimum atomic E-state index is -0.484. The second-order valence-corrected chi connectivity index (χ2v) is 5.35. The Kier molecular flexibility index (Phi) is 4.03. The van der Waals surface area contributed by atoms with E-state index in [9.17, 15) is 4.79 Å². The maximum Gasteiger partial charge on any atom is 0.192 e. The molecule has 1 atom stereocenters. The van der Waals surface area contributed by atoms with Crippen LogP contribution in [0.3, 0.4) is 0 Å². The third-order valence-corrected chi connectivity index (χ3v) is 4.08. The molecule has 2 aromatic carbocycles. The molecule has 0 fully saturated rings. The Balaban J connectivity index is 1.86. The van der Waals surface area contributed by atoms with Crippen molar-refractivity contribution in [2.24, 2.45) is 0 Å². The Morgan fingerprint density at radius 3 is 2.18 bits per heavy atom. The van der Waals surface area contributed by atoms with Gasteiger partial charge in [-0.3, -0.25) is 4.79 Å². The lowest BCUT2D eigenvalue weighted by atomic mass is 9.84. The highest BCUT2D eigenvalue weighted by molar-refractivity contribution is 6.10. The normalized spacial score (nSPS) is 20.5. The SMILES string of the molecule is COC1(c2ccccc2)C=CC(C(=O)c2ccccc2)=CC1. The molecular formula is C20H18O2. The zero-order valence-electron chi connectivity index (χ0n) is 12.5. The van der Waals surface area contributed by atoms with Gasteiger partial charge in [-0.1, -0.05) is 72.8 Å². The monoisotopic (exact) mass is 290 g/mol. The minimum absolute atomic E-state index is 0.0506. The predicted octanol–water partition coefficient (Wildman–Crippen LogP) is 4.30. The lowest BCUT2D eigenvalue weighted by Crippen LogP contribution is -2.27. The number of methoxy groups -OCH3 is 1. The molecule has 0 amide bonds. The lowest BCUT2D eigenvalue weighted by Gasteiger charge is -2.31. The van der Waals surface area contributed by atoms with E-state index in [0.29, 0.717) is 12.0 Å². The first-order valence-corrected chi connectivity index (χ1v) is 7.35.